The van der Waals surface area contributed by atoms with Gasteiger partial charge in [0.2, 0.25) is 0 Å². The molecule has 0 fully saturated rings. The van der Waals surface area contributed by atoms with Crippen LogP contribution in [0.5, 0.6) is 0 Å². The van der Waals surface area contributed by atoms with Gasteiger partial charge >= 0.3 is 5.97 Å². The van der Waals surface area contributed by atoms with Crippen molar-refractivity contribution in [2.75, 3.05) is 0 Å². The Hall–Kier alpha value is -3.00. The molecule has 3 aromatic heterocycles. The highest BCUT2D eigenvalue weighted by atomic mass is 32.1. The van der Waals surface area contributed by atoms with Gasteiger partial charge in [0.05, 0.1) is 15.7 Å². The molecule has 4 aromatic rings. The van der Waals surface area contributed by atoms with Gasteiger partial charge in [-0.2, -0.15) is 10.2 Å². The van der Waals surface area contributed by atoms with E-state index in [0.717, 1.165) is 21.5 Å². The van der Waals surface area contributed by atoms with E-state index in [0.29, 0.717) is 10.9 Å². The molecule has 120 valence electrons. The number of hydrogen-bond acceptors (Lipinski definition) is 5. The number of carboxylic acids is 1. The number of carbonyl (C=O) groups excluding carboxylic acids is 1. The van der Waals surface area contributed by atoms with Crippen LogP contribution in [0, 0.1) is 0 Å². The Kier molecular flexibility index (Phi) is 3.20. The maximum atomic E-state index is 11.9. The first kappa shape index (κ1) is 14.6. The minimum atomic E-state index is -1.01. The number of benzene rings is 1. The number of hydrogen-bond donors (Lipinski definition) is 2. The van der Waals surface area contributed by atoms with Crippen LogP contribution in [-0.4, -0.2) is 36.8 Å². The molecule has 0 aliphatic rings. The van der Waals surface area contributed by atoms with Crippen molar-refractivity contribution in [2.45, 2.75) is 13.5 Å². The number of rotatable bonds is 4. The van der Waals surface area contributed by atoms with Crippen molar-refractivity contribution in [3.05, 3.63) is 35.3 Å². The number of fused-ring (bicyclic) bond motifs is 2. The van der Waals surface area contributed by atoms with Gasteiger partial charge < -0.3 is 5.11 Å². The molecule has 0 spiro atoms. The van der Waals surface area contributed by atoms with Crippen molar-refractivity contribution < 1.29 is 14.7 Å². The lowest BCUT2D eigenvalue weighted by Crippen LogP contribution is -2.10. The molecule has 0 saturated carbocycles. The molecule has 0 aliphatic heterocycles. The number of carboxylic acid groups (broad SMARTS) is 1. The first-order valence-electron chi connectivity index (χ1n) is 7.20. The van der Waals surface area contributed by atoms with E-state index >= 15 is 0 Å². The highest BCUT2D eigenvalue weighted by Crippen LogP contribution is 2.32. The van der Waals surface area contributed by atoms with Gasteiger partial charge in [-0.05, 0) is 23.6 Å². The second-order valence-corrected chi connectivity index (χ2v) is 6.34. The Bertz CT molecular complexity index is 1110. The molecule has 4 rings (SSSR count). The van der Waals surface area contributed by atoms with Crippen LogP contribution >= 0.6 is 11.3 Å². The number of aromatic amines is 1. The van der Waals surface area contributed by atoms with Crippen LogP contribution in [0.15, 0.2) is 29.6 Å². The van der Waals surface area contributed by atoms with Crippen molar-refractivity contribution in [3.8, 4) is 11.3 Å². The topological polar surface area (TPSA) is 101 Å². The Balaban J connectivity index is 1.94. The second-order valence-electron chi connectivity index (χ2n) is 5.42. The summed E-state index contributed by atoms with van der Waals surface area (Å²) in [7, 11) is 0. The third-order valence-electron chi connectivity index (χ3n) is 3.81. The van der Waals surface area contributed by atoms with Gasteiger partial charge in [-0.1, -0.05) is 6.07 Å². The lowest BCUT2D eigenvalue weighted by Gasteiger charge is -2.01. The number of thiophene rings is 1. The summed E-state index contributed by atoms with van der Waals surface area (Å²) in [6.07, 6.45) is 0. The molecule has 0 radical (unpaired) electrons. The summed E-state index contributed by atoms with van der Waals surface area (Å²) >= 11 is 1.59. The second kappa shape index (κ2) is 5.27. The smallest absolute Gasteiger partial charge is 0.325 e. The molecule has 3 heterocycles. The van der Waals surface area contributed by atoms with E-state index in [-0.39, 0.29) is 18.0 Å². The van der Waals surface area contributed by atoms with Crippen LogP contribution < -0.4 is 0 Å². The zero-order valence-corrected chi connectivity index (χ0v) is 13.4. The third-order valence-corrected chi connectivity index (χ3v) is 4.73. The van der Waals surface area contributed by atoms with Gasteiger partial charge in [0, 0.05) is 17.9 Å². The minimum absolute atomic E-state index is 0.204. The lowest BCUT2D eigenvalue weighted by atomic mass is 10.1. The summed E-state index contributed by atoms with van der Waals surface area (Å²) in [5.74, 6) is -1.21. The van der Waals surface area contributed by atoms with Crippen molar-refractivity contribution >= 4 is 44.2 Å². The Labute approximate surface area is 139 Å². The van der Waals surface area contributed by atoms with Gasteiger partial charge in [-0.15, -0.1) is 11.3 Å². The summed E-state index contributed by atoms with van der Waals surface area (Å²) in [6, 6.07) is 7.44. The molecule has 0 saturated heterocycles. The molecule has 1 aromatic carbocycles. The molecule has 7 nitrogen and oxygen atoms in total. The highest BCUT2D eigenvalue weighted by molar-refractivity contribution is 7.17. The maximum Gasteiger partial charge on any atom is 0.325 e. The fraction of sp³-hybridized carbons (Fsp3) is 0.125. The van der Waals surface area contributed by atoms with Crippen LogP contribution in [0.2, 0.25) is 0 Å². The first-order chi connectivity index (χ1) is 11.5. The molecule has 0 unspecified atom stereocenters. The third kappa shape index (κ3) is 2.19. The van der Waals surface area contributed by atoms with Gasteiger partial charge in [-0.25, -0.2) is 0 Å². The molecule has 0 aliphatic carbocycles. The van der Waals surface area contributed by atoms with E-state index in [2.05, 4.69) is 15.3 Å². The number of nitrogens with one attached hydrogen (secondary N) is 1. The molecule has 2 N–H and O–H groups in total. The fourth-order valence-electron chi connectivity index (χ4n) is 2.78. The highest BCUT2D eigenvalue weighted by Gasteiger charge is 2.18. The number of nitrogens with zero attached hydrogens (tertiary/aromatic N) is 3. The summed E-state index contributed by atoms with van der Waals surface area (Å²) in [4.78, 5) is 22.9. The van der Waals surface area contributed by atoms with Crippen molar-refractivity contribution in [1.29, 1.82) is 0 Å². The van der Waals surface area contributed by atoms with E-state index in [1.807, 2.05) is 23.6 Å². The van der Waals surface area contributed by atoms with Crippen LogP contribution in [0.4, 0.5) is 0 Å². The lowest BCUT2D eigenvalue weighted by molar-refractivity contribution is -0.137. The Morgan fingerprint density at radius 2 is 2.17 bits per heavy atom. The van der Waals surface area contributed by atoms with Crippen molar-refractivity contribution in [2.24, 2.45) is 0 Å². The first-order valence-corrected chi connectivity index (χ1v) is 8.08. The number of aliphatic carboxylic acids is 1. The van der Waals surface area contributed by atoms with Crippen LogP contribution in [-0.2, 0) is 11.3 Å². The van der Waals surface area contributed by atoms with Gasteiger partial charge in [0.15, 0.2) is 5.78 Å². The minimum Gasteiger partial charge on any atom is -0.480 e. The van der Waals surface area contributed by atoms with E-state index in [1.165, 1.54) is 11.6 Å². The average molecular weight is 340 g/mol. The average Bonchev–Trinajstić information content (AvgIpc) is 3.20. The predicted octanol–water partition coefficient (Wildman–Crippen LogP) is 2.93. The molecule has 0 atom stereocenters. The van der Waals surface area contributed by atoms with E-state index in [4.69, 9.17) is 5.11 Å². The number of ketones is 1. The standard InChI is InChI=1S/C16H12N4O3S/c1-8(21)14-10-6-9(15-16-11(17-18-15)4-5-24-16)2-3-12(10)20(19-14)7-13(22)23/h2-6H,7H2,1H3,(H,17,18)(H,22,23). The summed E-state index contributed by atoms with van der Waals surface area (Å²) in [6.45, 7) is 1.13. The van der Waals surface area contributed by atoms with E-state index in [9.17, 15) is 9.59 Å². The van der Waals surface area contributed by atoms with Crippen LogP contribution in [0.25, 0.3) is 32.4 Å². The zero-order chi connectivity index (χ0) is 16.8. The molecule has 24 heavy (non-hydrogen) atoms. The monoisotopic (exact) mass is 340 g/mol. The number of aromatic nitrogens is 4. The predicted molar refractivity (Wildman–Crippen MR) is 90.3 cm³/mol. The Morgan fingerprint density at radius 3 is 2.92 bits per heavy atom. The number of carbonyl (C=O) groups is 2. The van der Waals surface area contributed by atoms with E-state index in [1.54, 1.807) is 17.4 Å². The molecule has 0 bridgehead atoms. The van der Waals surface area contributed by atoms with Crippen LogP contribution in [0.3, 0.4) is 0 Å². The molecule has 8 heteroatoms. The summed E-state index contributed by atoms with van der Waals surface area (Å²) < 4.78 is 2.38. The SMILES string of the molecule is CC(=O)c1nn(CC(=O)O)c2ccc(-c3n[nH]c4ccsc34)cc12. The van der Waals surface area contributed by atoms with Gasteiger partial charge in [-0.3, -0.25) is 19.4 Å². The van der Waals surface area contributed by atoms with Gasteiger partial charge in [0.1, 0.15) is 17.9 Å². The number of Topliss-reactive ketones (excluding diaryl/α,β-unsaturated/α-hetero) is 1. The summed E-state index contributed by atoms with van der Waals surface area (Å²) in [5.41, 5.74) is 3.51. The fourth-order valence-corrected chi connectivity index (χ4v) is 3.63. The Morgan fingerprint density at radius 1 is 1.33 bits per heavy atom. The van der Waals surface area contributed by atoms with Crippen molar-refractivity contribution in [3.63, 3.8) is 0 Å². The summed E-state index contributed by atoms with van der Waals surface area (Å²) in [5, 5.41) is 23.1. The molecular weight excluding hydrogens is 328 g/mol. The normalized spacial score (nSPS) is 11.4. The van der Waals surface area contributed by atoms with E-state index < -0.39 is 5.97 Å². The van der Waals surface area contributed by atoms with Gasteiger partial charge in [0.25, 0.3) is 0 Å². The zero-order valence-electron chi connectivity index (χ0n) is 12.6. The maximum absolute atomic E-state index is 11.9. The van der Waals surface area contributed by atoms with Crippen LogP contribution in [0.1, 0.15) is 17.4 Å². The molecule has 0 amide bonds. The quantitative estimate of drug-likeness (QED) is 0.556. The van der Waals surface area contributed by atoms with Crippen molar-refractivity contribution in [1.82, 2.24) is 20.0 Å². The molecular formula is C16H12N4O3S. The largest absolute Gasteiger partial charge is 0.480 e. The number of H-pyrrole nitrogens is 1.